The summed E-state index contributed by atoms with van der Waals surface area (Å²) in [5.74, 6) is 0. The number of hydrogen-bond donors (Lipinski definition) is 1. The number of aryl methyl sites for hydroxylation is 1. The van der Waals surface area contributed by atoms with Crippen molar-refractivity contribution in [3.63, 3.8) is 0 Å². The van der Waals surface area contributed by atoms with Crippen LogP contribution in [-0.4, -0.2) is 32.6 Å². The number of carbonyl (C=O) groups is 1. The van der Waals surface area contributed by atoms with Gasteiger partial charge in [-0.15, -0.1) is 0 Å². The van der Waals surface area contributed by atoms with E-state index in [-0.39, 0.29) is 0 Å². The molecule has 1 aliphatic heterocycles. The topological polar surface area (TPSA) is 55.6 Å². The summed E-state index contributed by atoms with van der Waals surface area (Å²) >= 11 is 0. The quantitative estimate of drug-likeness (QED) is 0.699. The van der Waals surface area contributed by atoms with Gasteiger partial charge in [0.1, 0.15) is 6.29 Å². The first-order valence-electron chi connectivity index (χ1n) is 7.47. The number of rotatable bonds is 3. The lowest BCUT2D eigenvalue weighted by Crippen LogP contribution is -2.36. The minimum atomic E-state index is 0.699. The number of hydrogen-bond acceptors (Lipinski definition) is 4. The van der Waals surface area contributed by atoms with Crippen LogP contribution in [0.3, 0.4) is 0 Å². The molecule has 3 rings (SSSR count). The molecule has 0 radical (unpaired) electrons. The molecule has 2 aromatic carbocycles. The Morgan fingerprint density at radius 2 is 1.82 bits per heavy atom. The van der Waals surface area contributed by atoms with E-state index in [1.54, 1.807) is 0 Å². The normalized spacial score (nSPS) is 14.9. The standard InChI is InChI=1S/C18H20N2O2/c1-13-10-14(12-21)2-4-16(13)17-5-3-15(19)11-18(17)20-6-8-22-9-7-20/h2-5,10-12H,6-9,19H2,1H3. The first-order valence-corrected chi connectivity index (χ1v) is 7.47. The van der Waals surface area contributed by atoms with Crippen LogP contribution in [0.25, 0.3) is 11.1 Å². The average Bonchev–Trinajstić information content (AvgIpc) is 2.56. The molecular weight excluding hydrogens is 276 g/mol. The lowest BCUT2D eigenvalue weighted by molar-refractivity contribution is 0.112. The van der Waals surface area contributed by atoms with Crippen molar-refractivity contribution in [1.29, 1.82) is 0 Å². The Kier molecular flexibility index (Phi) is 4.11. The van der Waals surface area contributed by atoms with Gasteiger partial charge in [-0.2, -0.15) is 0 Å². The van der Waals surface area contributed by atoms with Crippen molar-refractivity contribution in [2.24, 2.45) is 0 Å². The third kappa shape index (κ3) is 2.83. The van der Waals surface area contributed by atoms with Crippen molar-refractivity contribution >= 4 is 17.7 Å². The molecule has 114 valence electrons. The predicted molar refractivity (Wildman–Crippen MR) is 89.4 cm³/mol. The van der Waals surface area contributed by atoms with Gasteiger partial charge in [-0.25, -0.2) is 0 Å². The summed E-state index contributed by atoms with van der Waals surface area (Å²) in [6.45, 7) is 5.22. The van der Waals surface area contributed by atoms with Gasteiger partial charge in [0, 0.05) is 35.6 Å². The van der Waals surface area contributed by atoms with E-state index in [4.69, 9.17) is 10.5 Å². The molecule has 0 unspecified atom stereocenters. The van der Waals surface area contributed by atoms with Gasteiger partial charge in [-0.1, -0.05) is 18.2 Å². The molecule has 0 amide bonds. The largest absolute Gasteiger partial charge is 0.399 e. The molecular formula is C18H20N2O2. The molecule has 0 saturated carbocycles. The maximum absolute atomic E-state index is 10.9. The van der Waals surface area contributed by atoms with E-state index in [1.807, 2.05) is 37.3 Å². The second kappa shape index (κ2) is 6.20. The van der Waals surface area contributed by atoms with Crippen LogP contribution >= 0.6 is 0 Å². The number of nitrogen functional groups attached to an aromatic ring is 1. The molecule has 2 aromatic rings. The third-order valence-corrected chi connectivity index (χ3v) is 4.05. The molecule has 0 atom stereocenters. The summed E-state index contributed by atoms with van der Waals surface area (Å²) in [5.41, 5.74) is 11.9. The Hall–Kier alpha value is -2.33. The minimum Gasteiger partial charge on any atom is -0.399 e. The fraction of sp³-hybridized carbons (Fsp3) is 0.278. The van der Waals surface area contributed by atoms with Gasteiger partial charge in [0.25, 0.3) is 0 Å². The van der Waals surface area contributed by atoms with E-state index >= 15 is 0 Å². The zero-order valence-corrected chi connectivity index (χ0v) is 12.7. The van der Waals surface area contributed by atoms with Crippen molar-refractivity contribution in [2.45, 2.75) is 6.92 Å². The highest BCUT2D eigenvalue weighted by molar-refractivity contribution is 5.85. The van der Waals surface area contributed by atoms with Crippen LogP contribution in [0.2, 0.25) is 0 Å². The number of anilines is 2. The van der Waals surface area contributed by atoms with Crippen molar-refractivity contribution in [2.75, 3.05) is 36.9 Å². The van der Waals surface area contributed by atoms with Crippen LogP contribution in [0.1, 0.15) is 15.9 Å². The Morgan fingerprint density at radius 1 is 1.09 bits per heavy atom. The first-order chi connectivity index (χ1) is 10.7. The van der Waals surface area contributed by atoms with E-state index in [2.05, 4.69) is 11.0 Å². The Bertz CT molecular complexity index is 691. The van der Waals surface area contributed by atoms with Gasteiger partial charge in [0.2, 0.25) is 0 Å². The summed E-state index contributed by atoms with van der Waals surface area (Å²) in [7, 11) is 0. The lowest BCUT2D eigenvalue weighted by atomic mass is 9.96. The molecule has 1 heterocycles. The Balaban J connectivity index is 2.08. The van der Waals surface area contributed by atoms with Gasteiger partial charge in [0.15, 0.2) is 0 Å². The second-order valence-corrected chi connectivity index (χ2v) is 5.57. The maximum atomic E-state index is 10.9. The number of carbonyl (C=O) groups excluding carboxylic acids is 1. The number of benzene rings is 2. The molecule has 0 bridgehead atoms. The number of ether oxygens (including phenoxy) is 1. The lowest BCUT2D eigenvalue weighted by Gasteiger charge is -2.31. The molecule has 0 aliphatic carbocycles. The number of nitrogens with two attached hydrogens (primary N) is 1. The van der Waals surface area contributed by atoms with Crippen LogP contribution in [-0.2, 0) is 4.74 Å². The zero-order valence-electron chi connectivity index (χ0n) is 12.7. The average molecular weight is 296 g/mol. The van der Waals surface area contributed by atoms with Crippen molar-refractivity contribution < 1.29 is 9.53 Å². The molecule has 0 spiro atoms. The van der Waals surface area contributed by atoms with Crippen molar-refractivity contribution in [3.05, 3.63) is 47.5 Å². The molecule has 1 saturated heterocycles. The third-order valence-electron chi connectivity index (χ3n) is 4.05. The van der Waals surface area contributed by atoms with E-state index in [1.165, 1.54) is 0 Å². The van der Waals surface area contributed by atoms with E-state index in [0.717, 1.165) is 60.7 Å². The predicted octanol–water partition coefficient (Wildman–Crippen LogP) is 2.89. The molecule has 2 N–H and O–H groups in total. The van der Waals surface area contributed by atoms with Crippen LogP contribution in [0.15, 0.2) is 36.4 Å². The molecule has 1 fully saturated rings. The highest BCUT2D eigenvalue weighted by Crippen LogP contribution is 2.35. The fourth-order valence-corrected chi connectivity index (χ4v) is 2.90. The number of nitrogens with zero attached hydrogens (tertiary/aromatic N) is 1. The summed E-state index contributed by atoms with van der Waals surface area (Å²) < 4.78 is 5.44. The van der Waals surface area contributed by atoms with Crippen molar-refractivity contribution in [3.8, 4) is 11.1 Å². The van der Waals surface area contributed by atoms with E-state index in [9.17, 15) is 4.79 Å². The summed E-state index contributed by atoms with van der Waals surface area (Å²) in [5, 5.41) is 0. The van der Waals surface area contributed by atoms with Crippen LogP contribution in [0.5, 0.6) is 0 Å². The molecule has 1 aliphatic rings. The smallest absolute Gasteiger partial charge is 0.150 e. The summed E-state index contributed by atoms with van der Waals surface area (Å²) in [6, 6.07) is 11.8. The zero-order chi connectivity index (χ0) is 15.5. The Labute approximate surface area is 130 Å². The maximum Gasteiger partial charge on any atom is 0.150 e. The minimum absolute atomic E-state index is 0.699. The van der Waals surface area contributed by atoms with Crippen molar-refractivity contribution in [1.82, 2.24) is 0 Å². The van der Waals surface area contributed by atoms with E-state index in [0.29, 0.717) is 5.56 Å². The SMILES string of the molecule is Cc1cc(C=O)ccc1-c1ccc(N)cc1N1CCOCC1. The highest BCUT2D eigenvalue weighted by Gasteiger charge is 2.17. The number of aldehydes is 1. The molecule has 4 nitrogen and oxygen atoms in total. The van der Waals surface area contributed by atoms with Crippen LogP contribution in [0, 0.1) is 6.92 Å². The summed E-state index contributed by atoms with van der Waals surface area (Å²) in [6.07, 6.45) is 0.878. The van der Waals surface area contributed by atoms with E-state index < -0.39 is 0 Å². The van der Waals surface area contributed by atoms with Gasteiger partial charge in [0.05, 0.1) is 13.2 Å². The molecule has 4 heteroatoms. The van der Waals surface area contributed by atoms with Gasteiger partial charge >= 0.3 is 0 Å². The summed E-state index contributed by atoms with van der Waals surface area (Å²) in [4.78, 5) is 13.2. The number of morpholine rings is 1. The highest BCUT2D eigenvalue weighted by atomic mass is 16.5. The fourth-order valence-electron chi connectivity index (χ4n) is 2.90. The first kappa shape index (κ1) is 14.6. The second-order valence-electron chi connectivity index (χ2n) is 5.57. The van der Waals surface area contributed by atoms with Gasteiger partial charge in [-0.05, 0) is 36.2 Å². The van der Waals surface area contributed by atoms with Crippen LogP contribution in [0.4, 0.5) is 11.4 Å². The Morgan fingerprint density at radius 3 is 2.50 bits per heavy atom. The molecule has 22 heavy (non-hydrogen) atoms. The van der Waals surface area contributed by atoms with Gasteiger partial charge < -0.3 is 15.4 Å². The van der Waals surface area contributed by atoms with Gasteiger partial charge in [-0.3, -0.25) is 4.79 Å². The molecule has 0 aromatic heterocycles. The monoisotopic (exact) mass is 296 g/mol. The van der Waals surface area contributed by atoms with Crippen LogP contribution < -0.4 is 10.6 Å².